The summed E-state index contributed by atoms with van der Waals surface area (Å²) in [6.45, 7) is 7.44. The maximum absolute atomic E-state index is 12.4. The van der Waals surface area contributed by atoms with Crippen molar-refractivity contribution in [2.75, 3.05) is 45.9 Å². The Morgan fingerprint density at radius 1 is 1.40 bits per heavy atom. The van der Waals surface area contributed by atoms with Crippen molar-refractivity contribution in [2.24, 2.45) is 4.99 Å². The van der Waals surface area contributed by atoms with Gasteiger partial charge in [0.15, 0.2) is 5.96 Å². The Morgan fingerprint density at radius 2 is 2.20 bits per heavy atom. The van der Waals surface area contributed by atoms with E-state index in [1.807, 2.05) is 16.5 Å². The largest absolute Gasteiger partial charge is 0.368 e. The van der Waals surface area contributed by atoms with Crippen LogP contribution in [0, 0.1) is 0 Å². The van der Waals surface area contributed by atoms with Gasteiger partial charge >= 0.3 is 0 Å². The molecule has 8 heteroatoms. The van der Waals surface area contributed by atoms with Crippen LogP contribution in [0.15, 0.2) is 16.6 Å². The van der Waals surface area contributed by atoms with Crippen LogP contribution in [0.1, 0.15) is 24.8 Å². The lowest BCUT2D eigenvalue weighted by Gasteiger charge is -2.37. The van der Waals surface area contributed by atoms with E-state index in [0.717, 1.165) is 69.5 Å². The first-order valence-corrected chi connectivity index (χ1v) is 9.98. The molecule has 7 nitrogen and oxygen atoms in total. The Labute approximate surface area is 153 Å². The molecule has 2 saturated heterocycles. The molecule has 3 rings (SSSR count). The van der Waals surface area contributed by atoms with Gasteiger partial charge in [-0.1, -0.05) is 0 Å². The van der Waals surface area contributed by atoms with Crippen LogP contribution in [0.2, 0.25) is 0 Å². The number of nitrogens with zero attached hydrogens (tertiary/aromatic N) is 4. The Kier molecular flexibility index (Phi) is 6.63. The number of ether oxygens (including phenoxy) is 1. The number of rotatable bonds is 5. The summed E-state index contributed by atoms with van der Waals surface area (Å²) in [5, 5.41) is 6.47. The first-order chi connectivity index (χ1) is 12.3. The van der Waals surface area contributed by atoms with E-state index in [0.29, 0.717) is 6.61 Å². The molecule has 0 radical (unpaired) electrons. The number of aromatic nitrogens is 1. The van der Waals surface area contributed by atoms with Gasteiger partial charge < -0.3 is 19.9 Å². The summed E-state index contributed by atoms with van der Waals surface area (Å²) in [5.41, 5.74) is 0. The number of aliphatic imine (C=N–C) groups is 1. The van der Waals surface area contributed by atoms with Crippen molar-refractivity contribution >= 4 is 23.2 Å². The summed E-state index contributed by atoms with van der Waals surface area (Å²) in [7, 11) is 0. The van der Waals surface area contributed by atoms with Crippen molar-refractivity contribution < 1.29 is 9.53 Å². The van der Waals surface area contributed by atoms with Crippen molar-refractivity contribution in [2.45, 2.75) is 32.3 Å². The fourth-order valence-corrected chi connectivity index (χ4v) is 3.78. The zero-order valence-electron chi connectivity index (χ0n) is 14.8. The third-order valence-corrected chi connectivity index (χ3v) is 5.34. The molecule has 0 aromatic carbocycles. The lowest BCUT2D eigenvalue weighted by molar-refractivity contribution is -0.142. The lowest BCUT2D eigenvalue weighted by atomic mass is 10.2. The number of thiazole rings is 1. The van der Waals surface area contributed by atoms with E-state index < -0.39 is 0 Å². The fraction of sp³-hybridized carbons (Fsp3) is 0.706. The Hall–Kier alpha value is -1.67. The summed E-state index contributed by atoms with van der Waals surface area (Å²) < 4.78 is 5.52. The smallest absolute Gasteiger partial charge is 0.251 e. The molecular weight excluding hydrogens is 338 g/mol. The SMILES string of the molecule is CCNC(=NCCc1nccs1)N1CCN(C(=O)C2CCCO2)CC1. The number of nitrogens with one attached hydrogen (secondary N) is 1. The van der Waals surface area contributed by atoms with Crippen LogP contribution in [-0.4, -0.2) is 78.6 Å². The van der Waals surface area contributed by atoms with E-state index in [1.165, 1.54) is 0 Å². The Morgan fingerprint density at radius 3 is 2.84 bits per heavy atom. The molecule has 1 unspecified atom stereocenters. The van der Waals surface area contributed by atoms with Gasteiger partial charge in [0.05, 0.1) is 5.01 Å². The van der Waals surface area contributed by atoms with E-state index in [4.69, 9.17) is 9.73 Å². The molecule has 2 aliphatic heterocycles. The first-order valence-electron chi connectivity index (χ1n) is 9.10. The molecule has 2 aliphatic rings. The Bertz CT molecular complexity index is 564. The maximum Gasteiger partial charge on any atom is 0.251 e. The zero-order valence-corrected chi connectivity index (χ0v) is 15.6. The highest BCUT2D eigenvalue weighted by Crippen LogP contribution is 2.16. The number of amides is 1. The van der Waals surface area contributed by atoms with Crippen LogP contribution >= 0.6 is 11.3 Å². The Balaban J connectivity index is 1.50. The first kappa shape index (κ1) is 18.1. The summed E-state index contributed by atoms with van der Waals surface area (Å²) in [4.78, 5) is 25.6. The van der Waals surface area contributed by atoms with Crippen LogP contribution in [-0.2, 0) is 16.0 Å². The topological polar surface area (TPSA) is 70.1 Å². The molecule has 1 amide bonds. The molecule has 1 N–H and O–H groups in total. The molecule has 1 aromatic rings. The van der Waals surface area contributed by atoms with E-state index in [9.17, 15) is 4.79 Å². The number of hydrogen-bond donors (Lipinski definition) is 1. The molecule has 0 saturated carbocycles. The fourth-order valence-electron chi connectivity index (χ4n) is 3.17. The van der Waals surface area contributed by atoms with Gasteiger partial charge in [0.2, 0.25) is 0 Å². The second kappa shape index (κ2) is 9.15. The number of piperazine rings is 1. The highest BCUT2D eigenvalue weighted by Gasteiger charge is 2.30. The summed E-state index contributed by atoms with van der Waals surface area (Å²) >= 11 is 1.67. The number of carbonyl (C=O) groups is 1. The van der Waals surface area contributed by atoms with Crippen LogP contribution in [0.25, 0.3) is 0 Å². The van der Waals surface area contributed by atoms with Crippen molar-refractivity contribution in [3.8, 4) is 0 Å². The number of hydrogen-bond acceptors (Lipinski definition) is 5. The van der Waals surface area contributed by atoms with E-state index >= 15 is 0 Å². The number of guanidine groups is 1. The highest BCUT2D eigenvalue weighted by atomic mass is 32.1. The van der Waals surface area contributed by atoms with Crippen LogP contribution < -0.4 is 5.32 Å². The highest BCUT2D eigenvalue weighted by molar-refractivity contribution is 7.09. The molecule has 138 valence electrons. The zero-order chi connectivity index (χ0) is 17.5. The molecule has 2 fully saturated rings. The minimum absolute atomic E-state index is 0.155. The van der Waals surface area contributed by atoms with E-state index in [1.54, 1.807) is 11.3 Å². The van der Waals surface area contributed by atoms with Gasteiger partial charge in [0.25, 0.3) is 5.91 Å². The summed E-state index contributed by atoms with van der Waals surface area (Å²) in [5.74, 6) is 1.09. The third kappa shape index (κ3) is 4.92. The van der Waals surface area contributed by atoms with Crippen molar-refractivity contribution in [1.29, 1.82) is 0 Å². The van der Waals surface area contributed by atoms with Gasteiger partial charge in [-0.3, -0.25) is 9.79 Å². The summed E-state index contributed by atoms with van der Waals surface area (Å²) in [6.07, 6.45) is 4.34. The van der Waals surface area contributed by atoms with E-state index in [-0.39, 0.29) is 12.0 Å². The van der Waals surface area contributed by atoms with Crippen molar-refractivity contribution in [3.63, 3.8) is 0 Å². The standard InChI is InChI=1S/C17H27N5O2S/c1-2-18-17(20-6-5-15-19-7-13-25-15)22-10-8-21(9-11-22)16(23)14-4-3-12-24-14/h7,13-14H,2-6,8-12H2,1H3,(H,18,20). The molecule has 1 aromatic heterocycles. The normalized spacial score (nSPS) is 21.6. The predicted molar refractivity (Wildman–Crippen MR) is 98.9 cm³/mol. The molecule has 1 atom stereocenters. The monoisotopic (exact) mass is 365 g/mol. The van der Waals surface area contributed by atoms with Gasteiger partial charge in [-0.2, -0.15) is 0 Å². The van der Waals surface area contributed by atoms with Gasteiger partial charge in [0, 0.05) is 63.9 Å². The average molecular weight is 366 g/mol. The predicted octanol–water partition coefficient (Wildman–Crippen LogP) is 0.974. The second-order valence-electron chi connectivity index (χ2n) is 6.23. The molecular formula is C17H27N5O2S. The van der Waals surface area contributed by atoms with Crippen molar-refractivity contribution in [3.05, 3.63) is 16.6 Å². The minimum Gasteiger partial charge on any atom is -0.368 e. The number of carbonyl (C=O) groups excluding carboxylic acids is 1. The quantitative estimate of drug-likeness (QED) is 0.622. The van der Waals surface area contributed by atoms with Crippen molar-refractivity contribution in [1.82, 2.24) is 20.1 Å². The minimum atomic E-state index is -0.216. The van der Waals surface area contributed by atoms with Gasteiger partial charge in [-0.05, 0) is 19.8 Å². The van der Waals surface area contributed by atoms with Crippen LogP contribution in [0.5, 0.6) is 0 Å². The van der Waals surface area contributed by atoms with Gasteiger partial charge in [-0.25, -0.2) is 4.98 Å². The van der Waals surface area contributed by atoms with E-state index in [2.05, 4.69) is 22.1 Å². The molecule has 3 heterocycles. The molecule has 0 spiro atoms. The lowest BCUT2D eigenvalue weighted by Crippen LogP contribution is -2.55. The van der Waals surface area contributed by atoms with Crippen LogP contribution in [0.3, 0.4) is 0 Å². The average Bonchev–Trinajstić information content (AvgIpc) is 3.34. The molecule has 0 aliphatic carbocycles. The molecule has 25 heavy (non-hydrogen) atoms. The van der Waals surface area contributed by atoms with Crippen LogP contribution in [0.4, 0.5) is 0 Å². The van der Waals surface area contributed by atoms with Gasteiger partial charge in [-0.15, -0.1) is 11.3 Å². The second-order valence-corrected chi connectivity index (χ2v) is 7.20. The molecule has 0 bridgehead atoms. The maximum atomic E-state index is 12.4. The summed E-state index contributed by atoms with van der Waals surface area (Å²) in [6, 6.07) is 0. The van der Waals surface area contributed by atoms with Gasteiger partial charge in [0.1, 0.15) is 6.10 Å². The third-order valence-electron chi connectivity index (χ3n) is 4.50.